The molecule has 0 radical (unpaired) electrons. The summed E-state index contributed by atoms with van der Waals surface area (Å²) in [5.41, 5.74) is -0.195. The second kappa shape index (κ2) is 4.17. The van der Waals surface area contributed by atoms with Gasteiger partial charge in [-0.2, -0.15) is 5.10 Å². The summed E-state index contributed by atoms with van der Waals surface area (Å²) in [6, 6.07) is 0. The summed E-state index contributed by atoms with van der Waals surface area (Å²) >= 11 is 0. The quantitative estimate of drug-likeness (QED) is 0.739. The average Bonchev–Trinajstić information content (AvgIpc) is 2.57. The number of carbonyl (C=O) groups is 1. The third-order valence-corrected chi connectivity index (χ3v) is 3.71. The molecule has 4 nitrogen and oxygen atoms in total. The Morgan fingerprint density at radius 1 is 1.44 bits per heavy atom. The molecule has 0 bridgehead atoms. The summed E-state index contributed by atoms with van der Waals surface area (Å²) < 4.78 is 0. The molecule has 2 aliphatic rings. The van der Waals surface area contributed by atoms with E-state index in [-0.39, 0.29) is 11.8 Å². The fraction of sp³-hybridized carbons (Fsp3) is 0.833. The maximum atomic E-state index is 11.5. The van der Waals surface area contributed by atoms with Crippen LogP contribution in [-0.2, 0) is 4.79 Å². The summed E-state index contributed by atoms with van der Waals surface area (Å²) in [7, 11) is 0. The maximum absolute atomic E-state index is 11.5. The molecule has 0 aromatic rings. The monoisotopic (exact) mass is 224 g/mol. The topological polar surface area (TPSA) is 52.9 Å². The van der Waals surface area contributed by atoms with Crippen molar-refractivity contribution in [3.05, 3.63) is 0 Å². The van der Waals surface area contributed by atoms with Crippen molar-refractivity contribution in [2.45, 2.75) is 58.1 Å². The number of hydrogen-bond acceptors (Lipinski definition) is 3. The summed E-state index contributed by atoms with van der Waals surface area (Å²) in [5.74, 6) is 0.0243. The summed E-state index contributed by atoms with van der Waals surface area (Å²) in [6.45, 7) is 3.34. The van der Waals surface area contributed by atoms with Gasteiger partial charge in [-0.1, -0.05) is 19.3 Å². The molecule has 0 spiro atoms. The number of aliphatic hydroxyl groups is 1. The molecule has 1 aliphatic heterocycles. The Balaban J connectivity index is 2.19. The van der Waals surface area contributed by atoms with Crippen LogP contribution in [0.2, 0.25) is 0 Å². The van der Waals surface area contributed by atoms with E-state index in [2.05, 4.69) is 5.10 Å². The molecule has 0 aromatic heterocycles. The van der Waals surface area contributed by atoms with Gasteiger partial charge in [-0.05, 0) is 19.8 Å². The maximum Gasteiger partial charge on any atom is 0.242 e. The minimum absolute atomic E-state index is 0.162. The van der Waals surface area contributed by atoms with E-state index in [9.17, 15) is 9.90 Å². The van der Waals surface area contributed by atoms with Crippen molar-refractivity contribution in [3.8, 4) is 0 Å². The molecule has 2 rings (SSSR count). The van der Waals surface area contributed by atoms with E-state index in [0.29, 0.717) is 6.42 Å². The Labute approximate surface area is 96.3 Å². The van der Waals surface area contributed by atoms with Crippen molar-refractivity contribution in [3.63, 3.8) is 0 Å². The molecule has 90 valence electrons. The van der Waals surface area contributed by atoms with Gasteiger partial charge in [0.15, 0.2) is 5.72 Å². The third-order valence-electron chi connectivity index (χ3n) is 3.71. The van der Waals surface area contributed by atoms with Crippen LogP contribution in [0.3, 0.4) is 0 Å². The van der Waals surface area contributed by atoms with E-state index in [0.717, 1.165) is 31.4 Å². The van der Waals surface area contributed by atoms with Crippen LogP contribution in [0.25, 0.3) is 0 Å². The standard InChI is InChI=1S/C12H20N2O2/c1-9-8-12(16,14(13-9)10(2)15)11-6-4-3-5-7-11/h11,16H,3-8H2,1-2H3/t12-/m1/s1. The first kappa shape index (κ1) is 11.6. The van der Waals surface area contributed by atoms with Crippen LogP contribution in [0.4, 0.5) is 0 Å². The van der Waals surface area contributed by atoms with Crippen LogP contribution >= 0.6 is 0 Å². The zero-order valence-corrected chi connectivity index (χ0v) is 10.1. The Morgan fingerprint density at radius 2 is 2.06 bits per heavy atom. The molecule has 0 unspecified atom stereocenters. The molecule has 1 atom stereocenters. The molecule has 1 heterocycles. The second-order valence-electron chi connectivity index (χ2n) is 5.06. The lowest BCUT2D eigenvalue weighted by atomic mass is 9.79. The van der Waals surface area contributed by atoms with Gasteiger partial charge in [0.1, 0.15) is 0 Å². The van der Waals surface area contributed by atoms with Crippen LogP contribution in [0.15, 0.2) is 5.10 Å². The highest BCUT2D eigenvalue weighted by Gasteiger charge is 2.48. The molecular weight excluding hydrogens is 204 g/mol. The fourth-order valence-corrected chi connectivity index (χ4v) is 2.97. The molecule has 1 saturated carbocycles. The van der Waals surface area contributed by atoms with Crippen molar-refractivity contribution in [2.75, 3.05) is 0 Å². The van der Waals surface area contributed by atoms with E-state index in [1.54, 1.807) is 0 Å². The highest BCUT2D eigenvalue weighted by molar-refractivity contribution is 5.88. The van der Waals surface area contributed by atoms with E-state index in [4.69, 9.17) is 0 Å². The van der Waals surface area contributed by atoms with Gasteiger partial charge in [-0.25, -0.2) is 5.01 Å². The van der Waals surface area contributed by atoms with Gasteiger partial charge in [0.05, 0.1) is 0 Å². The fourth-order valence-electron chi connectivity index (χ4n) is 2.97. The number of hydrazone groups is 1. The smallest absolute Gasteiger partial charge is 0.242 e. The number of nitrogens with zero attached hydrogens (tertiary/aromatic N) is 2. The average molecular weight is 224 g/mol. The second-order valence-corrected chi connectivity index (χ2v) is 5.06. The molecule has 1 N–H and O–H groups in total. The number of rotatable bonds is 1. The highest BCUT2D eigenvalue weighted by Crippen LogP contribution is 2.40. The first-order chi connectivity index (χ1) is 7.54. The zero-order valence-electron chi connectivity index (χ0n) is 10.1. The SMILES string of the molecule is CC(=O)N1N=C(C)C[C@@]1(O)C1CCCCC1. The van der Waals surface area contributed by atoms with Crippen molar-refractivity contribution in [1.82, 2.24) is 5.01 Å². The van der Waals surface area contributed by atoms with Gasteiger partial charge >= 0.3 is 0 Å². The summed E-state index contributed by atoms with van der Waals surface area (Å²) in [4.78, 5) is 11.5. The Kier molecular flexibility index (Phi) is 3.02. The molecule has 1 aliphatic carbocycles. The predicted octanol–water partition coefficient (Wildman–Crippen LogP) is 1.88. The number of amides is 1. The third kappa shape index (κ3) is 1.86. The van der Waals surface area contributed by atoms with E-state index < -0.39 is 5.72 Å². The Morgan fingerprint density at radius 3 is 2.62 bits per heavy atom. The van der Waals surface area contributed by atoms with Gasteiger partial charge in [0.25, 0.3) is 0 Å². The minimum Gasteiger partial charge on any atom is -0.368 e. The predicted molar refractivity (Wildman–Crippen MR) is 61.8 cm³/mol. The van der Waals surface area contributed by atoms with Crippen molar-refractivity contribution in [2.24, 2.45) is 11.0 Å². The summed E-state index contributed by atoms with van der Waals surface area (Å²) in [5, 5.41) is 16.2. The van der Waals surface area contributed by atoms with Crippen LogP contribution in [-0.4, -0.2) is 27.5 Å². The molecule has 0 saturated heterocycles. The molecule has 1 fully saturated rings. The van der Waals surface area contributed by atoms with Crippen LogP contribution in [0.1, 0.15) is 52.4 Å². The van der Waals surface area contributed by atoms with Crippen LogP contribution < -0.4 is 0 Å². The summed E-state index contributed by atoms with van der Waals surface area (Å²) in [6.07, 6.45) is 6.06. The Hall–Kier alpha value is -0.900. The lowest BCUT2D eigenvalue weighted by molar-refractivity contribution is -0.169. The van der Waals surface area contributed by atoms with Crippen LogP contribution in [0, 0.1) is 5.92 Å². The lowest BCUT2D eigenvalue weighted by Gasteiger charge is -2.39. The normalized spacial score (nSPS) is 31.7. The first-order valence-electron chi connectivity index (χ1n) is 6.11. The molecule has 1 amide bonds. The van der Waals surface area contributed by atoms with Gasteiger partial charge in [-0.3, -0.25) is 4.79 Å². The van der Waals surface area contributed by atoms with Crippen LogP contribution in [0.5, 0.6) is 0 Å². The molecule has 0 aromatic carbocycles. The lowest BCUT2D eigenvalue weighted by Crippen LogP contribution is -2.51. The largest absolute Gasteiger partial charge is 0.368 e. The number of hydrogen-bond donors (Lipinski definition) is 1. The number of carbonyl (C=O) groups excluding carboxylic acids is 1. The van der Waals surface area contributed by atoms with Gasteiger partial charge < -0.3 is 5.11 Å². The first-order valence-corrected chi connectivity index (χ1v) is 6.11. The molecular formula is C12H20N2O2. The minimum atomic E-state index is -1.05. The molecule has 16 heavy (non-hydrogen) atoms. The van der Waals surface area contributed by atoms with Gasteiger partial charge in [-0.15, -0.1) is 0 Å². The zero-order chi connectivity index (χ0) is 11.8. The van der Waals surface area contributed by atoms with E-state index >= 15 is 0 Å². The van der Waals surface area contributed by atoms with E-state index in [1.807, 2.05) is 6.92 Å². The Bertz CT molecular complexity index is 321. The van der Waals surface area contributed by atoms with Crippen molar-refractivity contribution < 1.29 is 9.90 Å². The molecule has 4 heteroatoms. The van der Waals surface area contributed by atoms with Crippen molar-refractivity contribution >= 4 is 11.6 Å². The van der Waals surface area contributed by atoms with Crippen molar-refractivity contribution in [1.29, 1.82) is 0 Å². The van der Waals surface area contributed by atoms with Gasteiger partial charge in [0, 0.05) is 25.0 Å². The van der Waals surface area contributed by atoms with E-state index in [1.165, 1.54) is 18.4 Å². The highest BCUT2D eigenvalue weighted by atomic mass is 16.3. The van der Waals surface area contributed by atoms with Gasteiger partial charge in [0.2, 0.25) is 5.91 Å².